The van der Waals surface area contributed by atoms with Crippen molar-refractivity contribution in [2.75, 3.05) is 32.7 Å². The van der Waals surface area contributed by atoms with E-state index in [-0.39, 0.29) is 11.9 Å². The van der Waals surface area contributed by atoms with Crippen LogP contribution < -0.4 is 0 Å². The molecule has 0 bridgehead atoms. The lowest BCUT2D eigenvalue weighted by atomic mass is 10.0. The Kier molecular flexibility index (Phi) is 5.87. The zero-order chi connectivity index (χ0) is 22.8. The molecule has 0 spiro atoms. The first kappa shape index (κ1) is 21.3. The van der Waals surface area contributed by atoms with E-state index in [9.17, 15) is 9.59 Å². The second-order valence-electron chi connectivity index (χ2n) is 8.51. The maximum atomic E-state index is 12.9. The van der Waals surface area contributed by atoms with Crippen LogP contribution in [0.15, 0.2) is 43.1 Å². The molecule has 0 N–H and O–H groups in total. The van der Waals surface area contributed by atoms with Crippen molar-refractivity contribution in [1.82, 2.24) is 29.5 Å². The number of esters is 1. The number of hydrogen-bond donors (Lipinski definition) is 0. The fourth-order valence-electron chi connectivity index (χ4n) is 4.35. The number of carbonyl (C=O) groups excluding carboxylic acids is 2. The quantitative estimate of drug-likeness (QED) is 0.531. The van der Waals surface area contributed by atoms with Crippen molar-refractivity contribution in [3.63, 3.8) is 0 Å². The summed E-state index contributed by atoms with van der Waals surface area (Å²) in [5.74, 6) is -0.115. The molecule has 0 radical (unpaired) electrons. The standard InChI is InChI=1S/C24H26N6O3/c1-17-10-20(30-16-25-15-27-30)13-26-22(17)12-23(31)29-8-6-28(7-9-29)5-4-18-2-3-21-19(11-18)14-33-24(21)32/h2-3,10-11,13,15-16H,4-9,12,14H2,1H3. The molecule has 2 aliphatic rings. The Bertz CT molecular complexity index is 1170. The van der Waals surface area contributed by atoms with Gasteiger partial charge in [0, 0.05) is 38.3 Å². The zero-order valence-corrected chi connectivity index (χ0v) is 18.6. The van der Waals surface area contributed by atoms with Crippen LogP contribution in [0.25, 0.3) is 5.69 Å². The van der Waals surface area contributed by atoms with Crippen LogP contribution in [0.4, 0.5) is 0 Å². The first-order valence-electron chi connectivity index (χ1n) is 11.2. The molecule has 1 amide bonds. The fourth-order valence-corrected chi connectivity index (χ4v) is 4.35. The predicted octanol–water partition coefficient (Wildman–Crippen LogP) is 1.57. The minimum atomic E-state index is -0.228. The first-order chi connectivity index (χ1) is 16.1. The average Bonchev–Trinajstić information content (AvgIpc) is 3.50. The van der Waals surface area contributed by atoms with Crippen LogP contribution in [0.3, 0.4) is 0 Å². The second kappa shape index (κ2) is 9.11. The van der Waals surface area contributed by atoms with Crippen LogP contribution >= 0.6 is 0 Å². The van der Waals surface area contributed by atoms with E-state index >= 15 is 0 Å². The Morgan fingerprint density at radius 1 is 1.15 bits per heavy atom. The molecule has 2 aliphatic heterocycles. The number of aryl methyl sites for hydroxylation is 1. The van der Waals surface area contributed by atoms with Gasteiger partial charge < -0.3 is 9.64 Å². The molecular formula is C24H26N6O3. The fraction of sp³-hybridized carbons (Fsp3) is 0.375. The molecule has 0 saturated carbocycles. The monoisotopic (exact) mass is 446 g/mol. The first-order valence-corrected chi connectivity index (χ1v) is 11.2. The van der Waals surface area contributed by atoms with E-state index in [1.807, 2.05) is 30.0 Å². The highest BCUT2D eigenvalue weighted by atomic mass is 16.5. The second-order valence-corrected chi connectivity index (χ2v) is 8.51. The average molecular weight is 447 g/mol. The number of benzene rings is 1. The van der Waals surface area contributed by atoms with Gasteiger partial charge in [0.15, 0.2) is 0 Å². The van der Waals surface area contributed by atoms with E-state index < -0.39 is 0 Å². The molecule has 1 saturated heterocycles. The van der Waals surface area contributed by atoms with Crippen LogP contribution in [0, 0.1) is 6.92 Å². The van der Waals surface area contributed by atoms with E-state index in [0.29, 0.717) is 18.6 Å². The summed E-state index contributed by atoms with van der Waals surface area (Å²) in [7, 11) is 0. The van der Waals surface area contributed by atoms with Crippen molar-refractivity contribution in [3.8, 4) is 5.69 Å². The van der Waals surface area contributed by atoms with Crippen LogP contribution in [0.2, 0.25) is 0 Å². The van der Waals surface area contributed by atoms with Gasteiger partial charge in [-0.15, -0.1) is 0 Å². The Balaban J connectivity index is 1.11. The number of piperazine rings is 1. The van der Waals surface area contributed by atoms with E-state index in [1.165, 1.54) is 11.9 Å². The summed E-state index contributed by atoms with van der Waals surface area (Å²) in [6.07, 6.45) is 6.05. The predicted molar refractivity (Wildman–Crippen MR) is 120 cm³/mol. The minimum absolute atomic E-state index is 0.113. The van der Waals surface area contributed by atoms with Crippen molar-refractivity contribution in [2.24, 2.45) is 0 Å². The van der Waals surface area contributed by atoms with Gasteiger partial charge in [-0.1, -0.05) is 12.1 Å². The molecule has 0 unspecified atom stereocenters. The van der Waals surface area contributed by atoms with Gasteiger partial charge in [-0.3, -0.25) is 14.7 Å². The van der Waals surface area contributed by atoms with Gasteiger partial charge in [-0.25, -0.2) is 14.5 Å². The Morgan fingerprint density at radius 3 is 2.76 bits per heavy atom. The van der Waals surface area contributed by atoms with Crippen LogP contribution in [-0.4, -0.2) is 74.1 Å². The van der Waals surface area contributed by atoms with Crippen molar-refractivity contribution < 1.29 is 14.3 Å². The summed E-state index contributed by atoms with van der Waals surface area (Å²) in [4.78, 5) is 37.2. The molecule has 1 aromatic carbocycles. The highest BCUT2D eigenvalue weighted by Gasteiger charge is 2.23. The van der Waals surface area contributed by atoms with Gasteiger partial charge in [-0.05, 0) is 36.6 Å². The van der Waals surface area contributed by atoms with E-state index in [0.717, 1.165) is 61.7 Å². The SMILES string of the molecule is Cc1cc(-n2cncn2)cnc1CC(=O)N1CCN(CCc2ccc3c(c2)COC3=O)CC1. The summed E-state index contributed by atoms with van der Waals surface area (Å²) < 4.78 is 6.74. The number of rotatable bonds is 6. The normalized spacial score (nSPS) is 16.0. The summed E-state index contributed by atoms with van der Waals surface area (Å²) in [5, 5.41) is 4.12. The van der Waals surface area contributed by atoms with Crippen LogP contribution in [0.5, 0.6) is 0 Å². The smallest absolute Gasteiger partial charge is 0.338 e. The molecule has 5 rings (SSSR count). The molecule has 0 aliphatic carbocycles. The number of amides is 1. The van der Waals surface area contributed by atoms with Gasteiger partial charge in [0.05, 0.1) is 29.6 Å². The third-order valence-electron chi connectivity index (χ3n) is 6.36. The van der Waals surface area contributed by atoms with Crippen molar-refractivity contribution in [3.05, 3.63) is 71.1 Å². The molecule has 0 atom stereocenters. The highest BCUT2D eigenvalue weighted by Crippen LogP contribution is 2.21. The maximum absolute atomic E-state index is 12.9. The topological polar surface area (TPSA) is 93.5 Å². The number of pyridine rings is 1. The third kappa shape index (κ3) is 4.63. The van der Waals surface area contributed by atoms with Gasteiger partial charge >= 0.3 is 5.97 Å². The number of hydrogen-bond acceptors (Lipinski definition) is 7. The number of nitrogens with zero attached hydrogens (tertiary/aromatic N) is 6. The van der Waals surface area contributed by atoms with E-state index in [1.54, 1.807) is 17.2 Å². The molecule has 170 valence electrons. The Morgan fingerprint density at radius 2 is 2.00 bits per heavy atom. The van der Waals surface area contributed by atoms with E-state index in [4.69, 9.17) is 4.74 Å². The van der Waals surface area contributed by atoms with Crippen molar-refractivity contribution in [1.29, 1.82) is 0 Å². The lowest BCUT2D eigenvalue weighted by Gasteiger charge is -2.34. The Labute approximate surface area is 192 Å². The largest absolute Gasteiger partial charge is 0.457 e. The van der Waals surface area contributed by atoms with Gasteiger partial charge in [0.25, 0.3) is 0 Å². The molecule has 9 nitrogen and oxygen atoms in total. The highest BCUT2D eigenvalue weighted by molar-refractivity contribution is 5.93. The lowest BCUT2D eigenvalue weighted by Crippen LogP contribution is -2.49. The van der Waals surface area contributed by atoms with E-state index in [2.05, 4.69) is 26.0 Å². The van der Waals surface area contributed by atoms with Gasteiger partial charge in [-0.2, -0.15) is 5.10 Å². The number of ether oxygens (including phenoxy) is 1. The summed E-state index contributed by atoms with van der Waals surface area (Å²) >= 11 is 0. The minimum Gasteiger partial charge on any atom is -0.457 e. The molecular weight excluding hydrogens is 420 g/mol. The van der Waals surface area contributed by atoms with Gasteiger partial charge in [0.1, 0.15) is 19.3 Å². The van der Waals surface area contributed by atoms with Gasteiger partial charge in [0.2, 0.25) is 5.91 Å². The van der Waals surface area contributed by atoms with Crippen LogP contribution in [0.1, 0.15) is 32.7 Å². The summed E-state index contributed by atoms with van der Waals surface area (Å²) in [5.41, 5.74) is 5.47. The molecule has 9 heteroatoms. The number of aromatic nitrogens is 4. The zero-order valence-electron chi connectivity index (χ0n) is 18.6. The maximum Gasteiger partial charge on any atom is 0.338 e. The van der Waals surface area contributed by atoms with Crippen LogP contribution in [-0.2, 0) is 29.0 Å². The molecule has 4 heterocycles. The van der Waals surface area contributed by atoms with Crippen molar-refractivity contribution >= 4 is 11.9 Å². The summed E-state index contributed by atoms with van der Waals surface area (Å²) in [6, 6.07) is 7.92. The van der Waals surface area contributed by atoms with Crippen molar-refractivity contribution in [2.45, 2.75) is 26.4 Å². The Hall–Kier alpha value is -3.59. The molecule has 33 heavy (non-hydrogen) atoms. The summed E-state index contributed by atoms with van der Waals surface area (Å²) in [6.45, 7) is 6.43. The number of cyclic esters (lactones) is 1. The molecule has 1 fully saturated rings. The lowest BCUT2D eigenvalue weighted by molar-refractivity contribution is -0.132. The third-order valence-corrected chi connectivity index (χ3v) is 6.36. The number of fused-ring (bicyclic) bond motifs is 1. The molecule has 3 aromatic rings. The number of carbonyl (C=O) groups is 2. The molecule has 2 aromatic heterocycles.